The molecule has 0 bridgehead atoms. The first-order valence-corrected chi connectivity index (χ1v) is 12.4. The van der Waals surface area contributed by atoms with Gasteiger partial charge in [0.25, 0.3) is 0 Å². The summed E-state index contributed by atoms with van der Waals surface area (Å²) in [7, 11) is 0. The molecule has 0 aliphatic rings. The standard InChI is InChI=1S/C5H8N3O.Ga.HI/c1-5(9)3-2-4-7-8-6;;/h1-4H2;;1H/q;+1;/p-1. The quantitative estimate of drug-likeness (QED) is 0.184. The zero-order chi connectivity index (χ0) is 8.53. The van der Waals surface area contributed by atoms with Crippen LogP contribution in [0.4, 0.5) is 0 Å². The van der Waals surface area contributed by atoms with Gasteiger partial charge >= 0.3 is 84.0 Å². The second-order valence-electron chi connectivity index (χ2n) is 1.96. The van der Waals surface area contributed by atoms with Crippen molar-refractivity contribution in [1.29, 1.82) is 0 Å². The van der Waals surface area contributed by atoms with Gasteiger partial charge in [0.15, 0.2) is 0 Å². The van der Waals surface area contributed by atoms with Gasteiger partial charge in [-0.3, -0.25) is 0 Å². The van der Waals surface area contributed by atoms with Crippen molar-refractivity contribution in [2.24, 2.45) is 5.11 Å². The molecule has 0 saturated heterocycles. The Morgan fingerprint density at radius 2 is 2.45 bits per heavy atom. The van der Waals surface area contributed by atoms with Crippen molar-refractivity contribution in [3.8, 4) is 0 Å². The molecule has 0 spiro atoms. The van der Waals surface area contributed by atoms with Gasteiger partial charge in [0.2, 0.25) is 0 Å². The summed E-state index contributed by atoms with van der Waals surface area (Å²) in [5, 5.41) is 3.34. The van der Waals surface area contributed by atoms with E-state index < -0.39 is 0 Å². The third-order valence-corrected chi connectivity index (χ3v) is 4.65. The van der Waals surface area contributed by atoms with Crippen LogP contribution in [0.5, 0.6) is 0 Å². The van der Waals surface area contributed by atoms with Crippen molar-refractivity contribution >= 4 is 39.3 Å². The molecule has 0 aliphatic carbocycles. The molecule has 0 N–H and O–H groups in total. The Morgan fingerprint density at radius 3 is 3.00 bits per heavy atom. The van der Waals surface area contributed by atoms with E-state index in [2.05, 4.69) is 29.7 Å². The normalized spacial score (nSPS) is 8.45. The average molecular weight is 323 g/mol. The summed E-state index contributed by atoms with van der Waals surface area (Å²) in [6, 6.07) is 0. The van der Waals surface area contributed by atoms with E-state index in [1.807, 2.05) is 0 Å². The minimum atomic E-state index is -0.285. The number of hydrogen-bond donors (Lipinski definition) is 0. The number of rotatable bonds is 6. The van der Waals surface area contributed by atoms with Crippen LogP contribution in [0.3, 0.4) is 0 Å². The zero-order valence-electron chi connectivity index (χ0n) is 6.03. The van der Waals surface area contributed by atoms with E-state index in [-0.39, 0.29) is 13.9 Å². The molecule has 59 valence electrons. The molecular formula is C5H8GaIN3O. The monoisotopic (exact) mass is 322 g/mol. The van der Waals surface area contributed by atoms with Crippen LogP contribution in [0.15, 0.2) is 5.11 Å². The van der Waals surface area contributed by atoms with Crippen molar-refractivity contribution < 1.29 is 4.79 Å². The molecule has 0 rings (SSSR count). The van der Waals surface area contributed by atoms with Gasteiger partial charge in [-0.25, -0.2) is 0 Å². The van der Waals surface area contributed by atoms with Crippen LogP contribution in [0.25, 0.3) is 10.4 Å². The molecule has 0 amide bonds. The molecule has 0 fully saturated rings. The summed E-state index contributed by atoms with van der Waals surface area (Å²) < 4.78 is 0. The van der Waals surface area contributed by atoms with Crippen LogP contribution in [0, 0.1) is 0 Å². The molecule has 0 heterocycles. The van der Waals surface area contributed by atoms with Gasteiger partial charge in [-0.2, -0.15) is 0 Å². The fourth-order valence-corrected chi connectivity index (χ4v) is 3.92. The van der Waals surface area contributed by atoms with Crippen molar-refractivity contribution in [3.63, 3.8) is 0 Å². The molecule has 1 radical (unpaired) electrons. The third kappa shape index (κ3) is 8.25. The predicted molar refractivity (Wildman–Crippen MR) is 52.8 cm³/mol. The fraction of sp³-hybridized carbons (Fsp3) is 0.800. The average Bonchev–Trinajstić information content (AvgIpc) is 1.99. The van der Waals surface area contributed by atoms with E-state index in [0.717, 1.165) is 4.98 Å². The van der Waals surface area contributed by atoms with E-state index >= 15 is 0 Å². The van der Waals surface area contributed by atoms with Gasteiger partial charge in [0.05, 0.1) is 0 Å². The van der Waals surface area contributed by atoms with Crippen molar-refractivity contribution in [3.05, 3.63) is 10.4 Å². The number of carbonyl (C=O) groups excluding carboxylic acids is 1. The Labute approximate surface area is 83.6 Å². The van der Waals surface area contributed by atoms with E-state index in [9.17, 15) is 4.79 Å². The molecule has 0 aliphatic heterocycles. The maximum atomic E-state index is 10.9. The van der Waals surface area contributed by atoms with Crippen molar-refractivity contribution in [2.45, 2.75) is 17.8 Å². The van der Waals surface area contributed by atoms with Crippen LogP contribution in [0.2, 0.25) is 4.98 Å². The van der Waals surface area contributed by atoms with Gasteiger partial charge < -0.3 is 0 Å². The second-order valence-corrected chi connectivity index (χ2v) is 8.04. The predicted octanol–water partition coefficient (Wildman–Crippen LogP) is 2.12. The van der Waals surface area contributed by atoms with Crippen LogP contribution in [-0.2, 0) is 4.79 Å². The number of halogens is 1. The number of ketones is 1. The molecule has 0 aromatic carbocycles. The first kappa shape index (κ1) is 11.3. The molecule has 0 unspecified atom stereocenters. The molecule has 0 aromatic rings. The number of Topliss-reactive ketones (excluding diaryl/α,β-unsaturated/α-hetero) is 1. The molecule has 4 nitrogen and oxygen atoms in total. The van der Waals surface area contributed by atoms with Crippen LogP contribution < -0.4 is 0 Å². The molecular weight excluding hydrogens is 315 g/mol. The van der Waals surface area contributed by atoms with Gasteiger partial charge in [0, 0.05) is 0 Å². The molecule has 11 heavy (non-hydrogen) atoms. The van der Waals surface area contributed by atoms with E-state index in [4.69, 9.17) is 5.53 Å². The number of carbonyl (C=O) groups is 1. The van der Waals surface area contributed by atoms with E-state index in [1.54, 1.807) is 0 Å². The summed E-state index contributed by atoms with van der Waals surface area (Å²) in [6.45, 7) is 0.451. The minimum absolute atomic E-state index is 0.285. The Balaban J connectivity index is 3.23. The van der Waals surface area contributed by atoms with Gasteiger partial charge in [-0.05, 0) is 0 Å². The Kier molecular flexibility index (Phi) is 8.71. The van der Waals surface area contributed by atoms with E-state index in [1.165, 1.54) is 0 Å². The van der Waals surface area contributed by atoms with E-state index in [0.29, 0.717) is 25.2 Å². The summed E-state index contributed by atoms with van der Waals surface area (Å²) in [4.78, 5) is 14.3. The first-order chi connectivity index (χ1) is 5.31. The summed E-state index contributed by atoms with van der Waals surface area (Å²) in [5.41, 5.74) is 7.91. The summed E-state index contributed by atoms with van der Waals surface area (Å²) >= 11 is 2.04. The van der Waals surface area contributed by atoms with Gasteiger partial charge in [-0.1, -0.05) is 0 Å². The summed E-state index contributed by atoms with van der Waals surface area (Å²) in [5.74, 6) is 0.326. The topological polar surface area (TPSA) is 65.8 Å². The molecule has 6 heteroatoms. The number of hydrogen-bond acceptors (Lipinski definition) is 2. The van der Waals surface area contributed by atoms with Gasteiger partial charge in [-0.15, -0.1) is 0 Å². The second kappa shape index (κ2) is 8.44. The van der Waals surface area contributed by atoms with Crippen molar-refractivity contribution in [2.75, 3.05) is 6.54 Å². The molecule has 0 aromatic heterocycles. The van der Waals surface area contributed by atoms with Crippen LogP contribution in [0.1, 0.15) is 12.8 Å². The first-order valence-electron chi connectivity index (χ1n) is 3.25. The molecule has 0 atom stereocenters. The number of nitrogens with zero attached hydrogens (tertiary/aromatic N) is 3. The Hall–Kier alpha value is 0.346. The molecule has 0 saturated carbocycles. The SMILES string of the molecule is [N-]=[N+]=NCCCC(=O)[CH2][Ga][I]. The number of azide groups is 1. The zero-order valence-corrected chi connectivity index (χ0v) is 10.6. The third-order valence-electron chi connectivity index (χ3n) is 1.08. The maximum absolute atomic E-state index is 10.9. The van der Waals surface area contributed by atoms with Gasteiger partial charge in [0.1, 0.15) is 0 Å². The van der Waals surface area contributed by atoms with Crippen molar-refractivity contribution in [1.82, 2.24) is 0 Å². The fourth-order valence-electron chi connectivity index (χ4n) is 0.580. The van der Waals surface area contributed by atoms with Crippen LogP contribution in [-0.4, -0.2) is 26.2 Å². The summed E-state index contributed by atoms with van der Waals surface area (Å²) in [6.07, 6.45) is 1.29. The Morgan fingerprint density at radius 1 is 1.73 bits per heavy atom. The van der Waals surface area contributed by atoms with Crippen LogP contribution >= 0.6 is 19.7 Å². The Bertz CT molecular complexity index is 169.